The van der Waals surface area contributed by atoms with Gasteiger partial charge in [0.2, 0.25) is 0 Å². The fraction of sp³-hybridized carbons (Fsp3) is 0.800. The monoisotopic (exact) mass is 294 g/mol. The standard InChI is InChI=1S/C10H19ClN4O2S/c1-10(2,3)15-8(6-7-14(4)5)12-13-9(15)18(11,16)17/h6-7H2,1-5H3. The highest BCUT2D eigenvalue weighted by atomic mass is 35.7. The summed E-state index contributed by atoms with van der Waals surface area (Å²) in [7, 11) is 5.38. The molecule has 0 aromatic carbocycles. The van der Waals surface area contributed by atoms with E-state index in [1.807, 2.05) is 39.8 Å². The maximum atomic E-state index is 11.5. The maximum absolute atomic E-state index is 11.5. The fourth-order valence-corrected chi connectivity index (χ4v) is 2.65. The van der Waals surface area contributed by atoms with Crippen molar-refractivity contribution in [2.45, 2.75) is 37.9 Å². The Morgan fingerprint density at radius 1 is 1.28 bits per heavy atom. The fourth-order valence-electron chi connectivity index (χ4n) is 1.62. The van der Waals surface area contributed by atoms with E-state index >= 15 is 0 Å². The third-order valence-electron chi connectivity index (χ3n) is 2.37. The van der Waals surface area contributed by atoms with E-state index in [1.165, 1.54) is 0 Å². The van der Waals surface area contributed by atoms with Gasteiger partial charge in [0.25, 0.3) is 14.2 Å². The molecular weight excluding hydrogens is 276 g/mol. The smallest absolute Gasteiger partial charge is 0.296 e. The average molecular weight is 295 g/mol. The summed E-state index contributed by atoms with van der Waals surface area (Å²) in [5, 5.41) is 7.46. The molecule has 0 saturated heterocycles. The number of likely N-dealkylation sites (N-methyl/N-ethyl adjacent to an activating group) is 1. The summed E-state index contributed by atoms with van der Waals surface area (Å²) in [5.74, 6) is 0.621. The molecule has 1 heterocycles. The molecule has 0 aliphatic heterocycles. The molecule has 0 amide bonds. The molecule has 0 aliphatic rings. The topological polar surface area (TPSA) is 68.1 Å². The van der Waals surface area contributed by atoms with Crippen LogP contribution in [0.1, 0.15) is 26.6 Å². The molecule has 0 atom stereocenters. The zero-order chi connectivity index (χ0) is 14.1. The van der Waals surface area contributed by atoms with Crippen molar-refractivity contribution in [1.29, 1.82) is 0 Å². The molecule has 0 saturated carbocycles. The Labute approximate surface area is 112 Å². The van der Waals surface area contributed by atoms with E-state index in [9.17, 15) is 8.42 Å². The van der Waals surface area contributed by atoms with Crippen molar-refractivity contribution in [2.24, 2.45) is 0 Å². The van der Waals surface area contributed by atoms with Gasteiger partial charge in [-0.15, -0.1) is 10.2 Å². The summed E-state index contributed by atoms with van der Waals surface area (Å²) in [6.07, 6.45) is 0.615. The normalized spacial score (nSPS) is 13.3. The first-order valence-electron chi connectivity index (χ1n) is 5.57. The lowest BCUT2D eigenvalue weighted by Gasteiger charge is -2.24. The molecule has 0 N–H and O–H groups in total. The number of nitrogens with zero attached hydrogens (tertiary/aromatic N) is 4. The first-order valence-corrected chi connectivity index (χ1v) is 7.88. The van der Waals surface area contributed by atoms with Crippen LogP contribution in [0, 0.1) is 0 Å². The third kappa shape index (κ3) is 3.66. The van der Waals surface area contributed by atoms with Crippen molar-refractivity contribution in [3.05, 3.63) is 5.82 Å². The first kappa shape index (κ1) is 15.4. The lowest BCUT2D eigenvalue weighted by molar-refractivity contribution is 0.339. The van der Waals surface area contributed by atoms with Crippen LogP contribution in [-0.2, 0) is 21.0 Å². The summed E-state index contributed by atoms with van der Waals surface area (Å²) in [6, 6.07) is 0. The summed E-state index contributed by atoms with van der Waals surface area (Å²) < 4.78 is 24.5. The van der Waals surface area contributed by atoms with E-state index in [0.29, 0.717) is 12.2 Å². The highest BCUT2D eigenvalue weighted by Gasteiger charge is 2.29. The van der Waals surface area contributed by atoms with Gasteiger partial charge in [0.1, 0.15) is 5.82 Å². The Morgan fingerprint density at radius 2 is 1.83 bits per heavy atom. The van der Waals surface area contributed by atoms with E-state index in [1.54, 1.807) is 4.57 Å². The van der Waals surface area contributed by atoms with Gasteiger partial charge in [0.15, 0.2) is 0 Å². The second kappa shape index (κ2) is 5.14. The SMILES string of the molecule is CN(C)CCc1nnc(S(=O)(=O)Cl)n1C(C)(C)C. The summed E-state index contributed by atoms with van der Waals surface area (Å²) in [4.78, 5) is 2.00. The van der Waals surface area contributed by atoms with Crippen LogP contribution in [0.2, 0.25) is 0 Å². The van der Waals surface area contributed by atoms with Gasteiger partial charge in [-0.3, -0.25) is 4.57 Å². The molecular formula is C10H19ClN4O2S. The maximum Gasteiger partial charge on any atom is 0.296 e. The summed E-state index contributed by atoms with van der Waals surface area (Å²) in [5.41, 5.74) is -0.442. The van der Waals surface area contributed by atoms with Crippen LogP contribution in [0.3, 0.4) is 0 Å². The minimum atomic E-state index is -3.89. The molecule has 8 heteroatoms. The highest BCUT2D eigenvalue weighted by Crippen LogP contribution is 2.23. The van der Waals surface area contributed by atoms with Crippen LogP contribution in [-0.4, -0.2) is 48.7 Å². The highest BCUT2D eigenvalue weighted by molar-refractivity contribution is 8.13. The largest absolute Gasteiger partial charge is 0.309 e. The van der Waals surface area contributed by atoms with E-state index in [0.717, 1.165) is 6.54 Å². The minimum Gasteiger partial charge on any atom is -0.309 e. The number of hydrogen-bond donors (Lipinski definition) is 0. The summed E-state index contributed by atoms with van der Waals surface area (Å²) in [6.45, 7) is 6.43. The Bertz CT molecular complexity index is 516. The number of hydrogen-bond acceptors (Lipinski definition) is 5. The number of rotatable bonds is 4. The third-order valence-corrected chi connectivity index (χ3v) is 3.49. The Balaban J connectivity index is 3.26. The van der Waals surface area contributed by atoms with Crippen LogP contribution in [0.5, 0.6) is 0 Å². The molecule has 0 aliphatic carbocycles. The molecule has 0 spiro atoms. The summed E-state index contributed by atoms with van der Waals surface area (Å²) >= 11 is 0. The van der Waals surface area contributed by atoms with Crippen molar-refractivity contribution in [3.8, 4) is 0 Å². The molecule has 1 aromatic rings. The molecule has 0 fully saturated rings. The van der Waals surface area contributed by atoms with Crippen molar-refractivity contribution < 1.29 is 8.42 Å². The van der Waals surface area contributed by atoms with Gasteiger partial charge in [-0.2, -0.15) is 0 Å². The predicted molar refractivity (Wildman–Crippen MR) is 70.3 cm³/mol. The molecule has 6 nitrogen and oxygen atoms in total. The Kier molecular flexibility index (Phi) is 4.40. The molecule has 18 heavy (non-hydrogen) atoms. The zero-order valence-corrected chi connectivity index (χ0v) is 12.9. The van der Waals surface area contributed by atoms with Crippen molar-refractivity contribution in [1.82, 2.24) is 19.7 Å². The van der Waals surface area contributed by atoms with Gasteiger partial charge < -0.3 is 4.90 Å². The van der Waals surface area contributed by atoms with Crippen molar-refractivity contribution in [2.75, 3.05) is 20.6 Å². The lowest BCUT2D eigenvalue weighted by atomic mass is 10.1. The van der Waals surface area contributed by atoms with Gasteiger partial charge in [0.05, 0.1) is 0 Å². The minimum absolute atomic E-state index is 0.189. The molecule has 0 unspecified atom stereocenters. The van der Waals surface area contributed by atoms with Crippen LogP contribution in [0.25, 0.3) is 0 Å². The predicted octanol–water partition coefficient (Wildman–Crippen LogP) is 1.06. The first-order chi connectivity index (χ1) is 8.03. The van der Waals surface area contributed by atoms with Gasteiger partial charge in [-0.1, -0.05) is 0 Å². The van der Waals surface area contributed by atoms with Crippen molar-refractivity contribution in [3.63, 3.8) is 0 Å². The van der Waals surface area contributed by atoms with E-state index < -0.39 is 14.6 Å². The van der Waals surface area contributed by atoms with Crippen molar-refractivity contribution >= 4 is 19.7 Å². The molecule has 0 radical (unpaired) electrons. The molecule has 0 bridgehead atoms. The Morgan fingerprint density at radius 3 is 2.22 bits per heavy atom. The van der Waals surface area contributed by atoms with Crippen LogP contribution in [0.4, 0.5) is 0 Å². The lowest BCUT2D eigenvalue weighted by Crippen LogP contribution is -2.28. The van der Waals surface area contributed by atoms with Crippen LogP contribution < -0.4 is 0 Å². The Hall–Kier alpha value is -0.660. The van der Waals surface area contributed by atoms with E-state index in [2.05, 4.69) is 10.2 Å². The van der Waals surface area contributed by atoms with Crippen LogP contribution in [0.15, 0.2) is 5.16 Å². The molecule has 1 rings (SSSR count). The van der Waals surface area contributed by atoms with Gasteiger partial charge >= 0.3 is 0 Å². The molecule has 104 valence electrons. The second-order valence-corrected chi connectivity index (χ2v) is 7.86. The van der Waals surface area contributed by atoms with Gasteiger partial charge in [-0.25, -0.2) is 8.42 Å². The number of aromatic nitrogens is 3. The quantitative estimate of drug-likeness (QED) is 0.777. The van der Waals surface area contributed by atoms with E-state index in [4.69, 9.17) is 10.7 Å². The number of halogens is 1. The van der Waals surface area contributed by atoms with E-state index in [-0.39, 0.29) is 5.16 Å². The van der Waals surface area contributed by atoms with Crippen LogP contribution >= 0.6 is 10.7 Å². The zero-order valence-electron chi connectivity index (χ0n) is 11.3. The van der Waals surface area contributed by atoms with Gasteiger partial charge in [-0.05, 0) is 34.9 Å². The second-order valence-electron chi connectivity index (χ2n) is 5.40. The average Bonchev–Trinajstić information content (AvgIpc) is 2.56. The molecule has 1 aromatic heterocycles. The van der Waals surface area contributed by atoms with Gasteiger partial charge in [0, 0.05) is 29.2 Å².